The number of nitrogens with zero attached hydrogens (tertiary/aromatic N) is 4. The van der Waals surface area contributed by atoms with Gasteiger partial charge in [-0.3, -0.25) is 9.69 Å². The zero-order chi connectivity index (χ0) is 16.5. The second-order valence-corrected chi connectivity index (χ2v) is 6.42. The minimum atomic E-state index is -0.957. The summed E-state index contributed by atoms with van der Waals surface area (Å²) in [5.41, 5.74) is 2.02. The molecule has 2 aliphatic rings. The van der Waals surface area contributed by atoms with Gasteiger partial charge in [-0.25, -0.2) is 8.91 Å². The lowest BCUT2D eigenvalue weighted by Gasteiger charge is -2.32. The van der Waals surface area contributed by atoms with Gasteiger partial charge in [-0.2, -0.15) is 5.10 Å². The maximum absolute atomic E-state index is 14.0. The molecule has 0 saturated carbocycles. The average Bonchev–Trinajstić information content (AvgIpc) is 3.19. The summed E-state index contributed by atoms with van der Waals surface area (Å²) in [6.45, 7) is 3.14. The van der Waals surface area contributed by atoms with Gasteiger partial charge < -0.3 is 9.64 Å². The molecule has 6 nitrogen and oxygen atoms in total. The summed E-state index contributed by atoms with van der Waals surface area (Å²) in [5, 5.41) is 4.32. The van der Waals surface area contributed by atoms with Gasteiger partial charge in [0.15, 0.2) is 0 Å². The molecule has 1 amide bonds. The van der Waals surface area contributed by atoms with Gasteiger partial charge in [-0.1, -0.05) is 6.07 Å². The number of rotatable bonds is 3. The highest BCUT2D eigenvalue weighted by atomic mass is 19.1. The molecule has 0 radical (unpaired) electrons. The molecule has 2 fully saturated rings. The van der Waals surface area contributed by atoms with E-state index in [1.807, 2.05) is 29.3 Å². The van der Waals surface area contributed by atoms with Crippen molar-refractivity contribution in [2.75, 3.05) is 32.8 Å². The summed E-state index contributed by atoms with van der Waals surface area (Å²) in [6.07, 6.45) is 3.01. The Morgan fingerprint density at radius 1 is 1.33 bits per heavy atom. The minimum Gasteiger partial charge on any atom is -0.378 e. The largest absolute Gasteiger partial charge is 0.378 e. The Hall–Kier alpha value is -1.99. The number of fused-ring (bicyclic) bond motifs is 1. The van der Waals surface area contributed by atoms with Crippen molar-refractivity contribution < 1.29 is 13.9 Å². The predicted octanol–water partition coefficient (Wildman–Crippen LogP) is 1.11. The van der Waals surface area contributed by atoms with Crippen molar-refractivity contribution in [3.63, 3.8) is 0 Å². The third-order valence-electron chi connectivity index (χ3n) is 4.84. The highest BCUT2D eigenvalue weighted by Crippen LogP contribution is 2.26. The van der Waals surface area contributed by atoms with Crippen LogP contribution in [0.3, 0.4) is 0 Å². The molecular formula is C17H21FN4O2. The number of carbonyl (C=O) groups is 1. The number of ether oxygens (including phenoxy) is 1. The summed E-state index contributed by atoms with van der Waals surface area (Å²) in [7, 11) is 0. The first-order valence-corrected chi connectivity index (χ1v) is 8.38. The van der Waals surface area contributed by atoms with Gasteiger partial charge in [0.25, 0.3) is 0 Å². The topological polar surface area (TPSA) is 50.1 Å². The molecule has 0 aliphatic carbocycles. The van der Waals surface area contributed by atoms with Gasteiger partial charge in [-0.15, -0.1) is 0 Å². The molecule has 4 rings (SSSR count). The zero-order valence-electron chi connectivity index (χ0n) is 13.5. The monoisotopic (exact) mass is 332 g/mol. The number of alkyl halides is 1. The molecule has 0 spiro atoms. The first kappa shape index (κ1) is 15.5. The van der Waals surface area contributed by atoms with E-state index in [1.165, 1.54) is 0 Å². The van der Waals surface area contributed by atoms with E-state index in [0.717, 1.165) is 11.1 Å². The Balaban J connectivity index is 1.53. The third kappa shape index (κ3) is 2.89. The van der Waals surface area contributed by atoms with E-state index in [0.29, 0.717) is 39.4 Å². The molecule has 2 aliphatic heterocycles. The van der Waals surface area contributed by atoms with Crippen LogP contribution in [0.4, 0.5) is 4.39 Å². The summed E-state index contributed by atoms with van der Waals surface area (Å²) < 4.78 is 21.1. The second kappa shape index (κ2) is 6.49. The highest BCUT2D eigenvalue weighted by molar-refractivity contribution is 5.82. The van der Waals surface area contributed by atoms with Crippen LogP contribution in [0.2, 0.25) is 0 Å². The van der Waals surface area contributed by atoms with E-state index in [-0.39, 0.29) is 12.3 Å². The fourth-order valence-electron chi connectivity index (χ4n) is 3.60. The number of hydrogen-bond acceptors (Lipinski definition) is 4. The van der Waals surface area contributed by atoms with E-state index in [4.69, 9.17) is 4.74 Å². The second-order valence-electron chi connectivity index (χ2n) is 6.42. The van der Waals surface area contributed by atoms with Gasteiger partial charge in [0, 0.05) is 44.4 Å². The maximum Gasteiger partial charge on any atom is 0.240 e. The third-order valence-corrected chi connectivity index (χ3v) is 4.84. The molecule has 0 bridgehead atoms. The highest BCUT2D eigenvalue weighted by Gasteiger charge is 2.39. The number of pyridine rings is 1. The SMILES string of the molecule is O=C([C@@H]1C[C@@H](F)CN1Cc1cnn2ccccc12)N1CCOCC1. The normalized spacial score (nSPS) is 25.5. The Morgan fingerprint density at radius 2 is 2.17 bits per heavy atom. The predicted molar refractivity (Wildman–Crippen MR) is 86.3 cm³/mol. The van der Waals surface area contributed by atoms with Crippen molar-refractivity contribution in [1.82, 2.24) is 19.4 Å². The van der Waals surface area contributed by atoms with E-state index >= 15 is 0 Å². The number of aromatic nitrogens is 2. The number of likely N-dealkylation sites (tertiary alicyclic amines) is 1. The summed E-state index contributed by atoms with van der Waals surface area (Å²) in [5.74, 6) is 0.0231. The van der Waals surface area contributed by atoms with E-state index in [1.54, 1.807) is 15.6 Å². The number of carbonyl (C=O) groups excluding carboxylic acids is 1. The van der Waals surface area contributed by atoms with Gasteiger partial charge in [0.1, 0.15) is 6.17 Å². The van der Waals surface area contributed by atoms with Gasteiger partial charge in [0.2, 0.25) is 5.91 Å². The molecule has 0 aromatic carbocycles. The number of amides is 1. The quantitative estimate of drug-likeness (QED) is 0.845. The Morgan fingerprint density at radius 3 is 3.00 bits per heavy atom. The lowest BCUT2D eigenvalue weighted by atomic mass is 10.1. The Labute approximate surface area is 139 Å². The molecule has 2 saturated heterocycles. The first-order valence-electron chi connectivity index (χ1n) is 8.38. The van der Waals surface area contributed by atoms with Crippen molar-refractivity contribution in [2.45, 2.75) is 25.2 Å². The van der Waals surface area contributed by atoms with E-state index in [9.17, 15) is 9.18 Å². The first-order chi connectivity index (χ1) is 11.7. The molecule has 128 valence electrons. The van der Waals surface area contributed by atoms with Crippen molar-refractivity contribution in [2.24, 2.45) is 0 Å². The molecule has 2 aromatic rings. The van der Waals surface area contributed by atoms with E-state index in [2.05, 4.69) is 5.10 Å². The molecule has 7 heteroatoms. The molecule has 4 heterocycles. The van der Waals surface area contributed by atoms with Crippen molar-refractivity contribution in [3.05, 3.63) is 36.2 Å². The maximum atomic E-state index is 14.0. The van der Waals surface area contributed by atoms with E-state index < -0.39 is 12.2 Å². The summed E-state index contributed by atoms with van der Waals surface area (Å²) >= 11 is 0. The Kier molecular flexibility index (Phi) is 4.20. The number of hydrogen-bond donors (Lipinski definition) is 0. The smallest absolute Gasteiger partial charge is 0.240 e. The van der Waals surface area contributed by atoms with Crippen molar-refractivity contribution in [1.29, 1.82) is 0 Å². The molecule has 2 atom stereocenters. The van der Waals surface area contributed by atoms with Crippen LogP contribution in [0.25, 0.3) is 5.52 Å². The van der Waals surface area contributed by atoms with Crippen molar-refractivity contribution >= 4 is 11.4 Å². The van der Waals surface area contributed by atoms with Crippen LogP contribution in [-0.2, 0) is 16.1 Å². The molecule has 24 heavy (non-hydrogen) atoms. The zero-order valence-corrected chi connectivity index (χ0v) is 13.5. The fourth-order valence-corrected chi connectivity index (χ4v) is 3.60. The van der Waals surface area contributed by atoms with Crippen LogP contribution in [-0.4, -0.2) is 70.4 Å². The molecule has 0 N–H and O–H groups in total. The molecule has 2 aromatic heterocycles. The fraction of sp³-hybridized carbons (Fsp3) is 0.529. The Bertz CT molecular complexity index is 728. The van der Waals surface area contributed by atoms with Crippen LogP contribution < -0.4 is 0 Å². The lowest BCUT2D eigenvalue weighted by Crippen LogP contribution is -2.49. The van der Waals surface area contributed by atoms with Crippen LogP contribution in [0, 0.1) is 0 Å². The summed E-state index contributed by atoms with van der Waals surface area (Å²) in [6, 6.07) is 5.47. The number of morpholine rings is 1. The standard InChI is InChI=1S/C17H21FN4O2/c18-14-9-16(17(23)20-5-7-24-8-6-20)21(12-14)11-13-10-19-22-4-2-1-3-15(13)22/h1-4,10,14,16H,5-9,11-12H2/t14-,16+/m1/s1. The molecule has 0 unspecified atom stereocenters. The van der Waals surface area contributed by atoms with Gasteiger partial charge in [0.05, 0.1) is 31.0 Å². The average molecular weight is 332 g/mol. The lowest BCUT2D eigenvalue weighted by molar-refractivity contribution is -0.140. The van der Waals surface area contributed by atoms with Gasteiger partial charge >= 0.3 is 0 Å². The van der Waals surface area contributed by atoms with Crippen LogP contribution in [0.15, 0.2) is 30.6 Å². The summed E-state index contributed by atoms with van der Waals surface area (Å²) in [4.78, 5) is 16.5. The van der Waals surface area contributed by atoms with Gasteiger partial charge in [-0.05, 0) is 12.1 Å². The van der Waals surface area contributed by atoms with Crippen LogP contribution in [0.1, 0.15) is 12.0 Å². The van der Waals surface area contributed by atoms with Crippen molar-refractivity contribution in [3.8, 4) is 0 Å². The molecular weight excluding hydrogens is 311 g/mol. The van der Waals surface area contributed by atoms with Crippen LogP contribution >= 0.6 is 0 Å². The van der Waals surface area contributed by atoms with Crippen LogP contribution in [0.5, 0.6) is 0 Å². The minimum absolute atomic E-state index is 0.0231. The number of halogens is 1.